The van der Waals surface area contributed by atoms with E-state index in [1.807, 2.05) is 37.1 Å². The average Bonchev–Trinajstić information content (AvgIpc) is 3.08. The lowest BCUT2D eigenvalue weighted by atomic mass is 10.1. The summed E-state index contributed by atoms with van der Waals surface area (Å²) in [6, 6.07) is 0. The molecule has 1 fully saturated rings. The van der Waals surface area contributed by atoms with Gasteiger partial charge in [0.15, 0.2) is 5.79 Å². The second-order valence-corrected chi connectivity index (χ2v) is 7.12. The van der Waals surface area contributed by atoms with Gasteiger partial charge in [-0.15, -0.1) is 5.10 Å². The molecule has 0 aromatic carbocycles. The third-order valence-electron chi connectivity index (χ3n) is 3.56. The number of aromatic nitrogens is 5. The molecule has 1 aliphatic heterocycles. The van der Waals surface area contributed by atoms with Gasteiger partial charge in [0.25, 0.3) is 0 Å². The van der Waals surface area contributed by atoms with Crippen molar-refractivity contribution < 1.29 is 9.47 Å². The van der Waals surface area contributed by atoms with Crippen molar-refractivity contribution >= 4 is 0 Å². The molecule has 0 aliphatic carbocycles. The fourth-order valence-electron chi connectivity index (χ4n) is 2.37. The first-order valence-corrected chi connectivity index (χ1v) is 7.49. The van der Waals surface area contributed by atoms with Crippen LogP contribution in [0.3, 0.4) is 0 Å². The second-order valence-electron chi connectivity index (χ2n) is 7.12. The van der Waals surface area contributed by atoms with Gasteiger partial charge in [0, 0.05) is 11.8 Å². The predicted molar refractivity (Wildman–Crippen MR) is 80.2 cm³/mol. The zero-order valence-corrected chi connectivity index (χ0v) is 13.8. The standard InChI is InChI=1S/C15H23N5O2/c1-14(2,3)20-8-11(6-16-20)7-19-9-12(17-18-19)13-10-21-15(4,5)22-13/h6,8-9,13H,7,10H2,1-5H3/t13-/m1/s1. The quantitative estimate of drug-likeness (QED) is 0.868. The van der Waals surface area contributed by atoms with Crippen LogP contribution in [0.5, 0.6) is 0 Å². The highest BCUT2D eigenvalue weighted by Gasteiger charge is 2.35. The Hall–Kier alpha value is -1.73. The molecule has 7 nitrogen and oxygen atoms in total. The highest BCUT2D eigenvalue weighted by atomic mass is 16.7. The third-order valence-corrected chi connectivity index (χ3v) is 3.56. The van der Waals surface area contributed by atoms with E-state index in [1.165, 1.54) is 0 Å². The molecular formula is C15H23N5O2. The zero-order valence-electron chi connectivity index (χ0n) is 13.8. The Balaban J connectivity index is 1.68. The number of nitrogens with zero attached hydrogens (tertiary/aromatic N) is 5. The van der Waals surface area contributed by atoms with E-state index in [0.717, 1.165) is 11.3 Å². The van der Waals surface area contributed by atoms with Gasteiger partial charge >= 0.3 is 0 Å². The molecule has 7 heteroatoms. The zero-order chi connectivity index (χ0) is 16.0. The van der Waals surface area contributed by atoms with Gasteiger partial charge in [-0.25, -0.2) is 4.68 Å². The second kappa shape index (κ2) is 5.17. The molecule has 0 unspecified atom stereocenters. The Morgan fingerprint density at radius 1 is 1.32 bits per heavy atom. The highest BCUT2D eigenvalue weighted by Crippen LogP contribution is 2.31. The molecule has 0 bridgehead atoms. The number of rotatable bonds is 3. The summed E-state index contributed by atoms with van der Waals surface area (Å²) in [6.07, 6.45) is 5.66. The van der Waals surface area contributed by atoms with Gasteiger partial charge in [0.05, 0.1) is 31.1 Å². The minimum atomic E-state index is -0.553. The van der Waals surface area contributed by atoms with Crippen LogP contribution in [0.2, 0.25) is 0 Å². The maximum atomic E-state index is 5.79. The normalized spacial score (nSPS) is 21.4. The van der Waals surface area contributed by atoms with E-state index in [0.29, 0.717) is 13.2 Å². The molecule has 0 spiro atoms. The van der Waals surface area contributed by atoms with E-state index in [1.54, 1.807) is 4.68 Å². The van der Waals surface area contributed by atoms with Crippen LogP contribution >= 0.6 is 0 Å². The maximum absolute atomic E-state index is 5.79. The summed E-state index contributed by atoms with van der Waals surface area (Å²) in [6.45, 7) is 11.3. The minimum Gasteiger partial charge on any atom is -0.347 e. The first-order chi connectivity index (χ1) is 10.2. The smallest absolute Gasteiger partial charge is 0.163 e. The summed E-state index contributed by atoms with van der Waals surface area (Å²) in [5.74, 6) is -0.553. The van der Waals surface area contributed by atoms with Gasteiger partial charge in [-0.3, -0.25) is 4.68 Å². The lowest BCUT2D eigenvalue weighted by Crippen LogP contribution is -2.22. The van der Waals surface area contributed by atoms with E-state index in [4.69, 9.17) is 9.47 Å². The van der Waals surface area contributed by atoms with Gasteiger partial charge < -0.3 is 9.47 Å². The van der Waals surface area contributed by atoms with Crippen molar-refractivity contribution in [2.45, 2.75) is 58.6 Å². The van der Waals surface area contributed by atoms with Crippen molar-refractivity contribution in [2.24, 2.45) is 0 Å². The number of hydrogen-bond donors (Lipinski definition) is 0. The van der Waals surface area contributed by atoms with E-state index in [-0.39, 0.29) is 11.6 Å². The fourth-order valence-corrected chi connectivity index (χ4v) is 2.37. The molecule has 3 heterocycles. The predicted octanol–water partition coefficient (Wildman–Crippen LogP) is 2.10. The van der Waals surface area contributed by atoms with Crippen LogP contribution in [0.15, 0.2) is 18.6 Å². The molecule has 0 radical (unpaired) electrons. The molecule has 0 saturated carbocycles. The lowest BCUT2D eigenvalue weighted by molar-refractivity contribution is -0.139. The fraction of sp³-hybridized carbons (Fsp3) is 0.667. The van der Waals surface area contributed by atoms with Crippen molar-refractivity contribution in [1.82, 2.24) is 24.8 Å². The Bertz CT molecular complexity index is 653. The van der Waals surface area contributed by atoms with Crippen molar-refractivity contribution in [2.75, 3.05) is 6.61 Å². The summed E-state index contributed by atoms with van der Waals surface area (Å²) < 4.78 is 15.1. The first-order valence-electron chi connectivity index (χ1n) is 7.49. The van der Waals surface area contributed by atoms with Crippen molar-refractivity contribution in [3.05, 3.63) is 29.8 Å². The van der Waals surface area contributed by atoms with Crippen LogP contribution in [0.4, 0.5) is 0 Å². The summed E-state index contributed by atoms with van der Waals surface area (Å²) in [5, 5.41) is 12.8. The lowest BCUT2D eigenvalue weighted by Gasteiger charge is -2.18. The molecule has 22 heavy (non-hydrogen) atoms. The third kappa shape index (κ3) is 3.20. The van der Waals surface area contributed by atoms with Gasteiger partial charge in [-0.05, 0) is 34.6 Å². The van der Waals surface area contributed by atoms with E-state index >= 15 is 0 Å². The Kier molecular flexibility index (Phi) is 3.57. The van der Waals surface area contributed by atoms with E-state index in [9.17, 15) is 0 Å². The van der Waals surface area contributed by atoms with Crippen LogP contribution < -0.4 is 0 Å². The Labute approximate surface area is 130 Å². The van der Waals surface area contributed by atoms with Gasteiger partial charge in [0.2, 0.25) is 0 Å². The monoisotopic (exact) mass is 305 g/mol. The van der Waals surface area contributed by atoms with Crippen molar-refractivity contribution in [3.63, 3.8) is 0 Å². The molecule has 2 aromatic rings. The number of ether oxygens (including phenoxy) is 2. The van der Waals surface area contributed by atoms with Crippen molar-refractivity contribution in [1.29, 1.82) is 0 Å². The molecule has 2 aromatic heterocycles. The molecule has 1 atom stereocenters. The Morgan fingerprint density at radius 2 is 2.09 bits per heavy atom. The molecule has 0 amide bonds. The van der Waals surface area contributed by atoms with Crippen LogP contribution in [0, 0.1) is 0 Å². The molecule has 1 saturated heterocycles. The highest BCUT2D eigenvalue weighted by molar-refractivity contribution is 5.07. The van der Waals surface area contributed by atoms with Crippen LogP contribution in [-0.4, -0.2) is 37.2 Å². The van der Waals surface area contributed by atoms with E-state index < -0.39 is 5.79 Å². The molecular weight excluding hydrogens is 282 g/mol. The van der Waals surface area contributed by atoms with Crippen LogP contribution in [0.25, 0.3) is 0 Å². The summed E-state index contributed by atoms with van der Waals surface area (Å²) in [5.41, 5.74) is 1.87. The molecule has 1 aliphatic rings. The average molecular weight is 305 g/mol. The largest absolute Gasteiger partial charge is 0.347 e. The summed E-state index contributed by atoms with van der Waals surface area (Å²) >= 11 is 0. The van der Waals surface area contributed by atoms with Crippen LogP contribution in [-0.2, 0) is 21.6 Å². The SMILES string of the molecule is CC1(C)OC[C@H](c2cn(Cc3cnn(C(C)(C)C)c3)nn2)O1. The van der Waals surface area contributed by atoms with Gasteiger partial charge in [0.1, 0.15) is 11.8 Å². The summed E-state index contributed by atoms with van der Waals surface area (Å²) in [4.78, 5) is 0. The maximum Gasteiger partial charge on any atom is 0.163 e. The van der Waals surface area contributed by atoms with Crippen LogP contribution in [0.1, 0.15) is 52.0 Å². The van der Waals surface area contributed by atoms with Gasteiger partial charge in [-0.2, -0.15) is 5.10 Å². The molecule has 0 N–H and O–H groups in total. The van der Waals surface area contributed by atoms with Gasteiger partial charge in [-0.1, -0.05) is 5.21 Å². The molecule has 3 rings (SSSR count). The molecule has 120 valence electrons. The first kappa shape index (κ1) is 15.2. The summed E-state index contributed by atoms with van der Waals surface area (Å²) in [7, 11) is 0. The Morgan fingerprint density at radius 3 is 2.68 bits per heavy atom. The minimum absolute atomic E-state index is 0.0214. The van der Waals surface area contributed by atoms with E-state index in [2.05, 4.69) is 36.2 Å². The topological polar surface area (TPSA) is 67.0 Å². The van der Waals surface area contributed by atoms with Crippen molar-refractivity contribution in [3.8, 4) is 0 Å². The number of hydrogen-bond acceptors (Lipinski definition) is 5.